The van der Waals surface area contributed by atoms with E-state index in [1.807, 2.05) is 32.0 Å². The monoisotopic (exact) mass is 372 g/mol. The summed E-state index contributed by atoms with van der Waals surface area (Å²) in [4.78, 5) is 30.2. The van der Waals surface area contributed by atoms with Gasteiger partial charge in [0.1, 0.15) is 16.4 Å². The molecule has 0 atom stereocenters. The molecule has 0 unspecified atom stereocenters. The zero-order chi connectivity index (χ0) is 19.0. The molecule has 3 rings (SSSR count). The highest BCUT2D eigenvalue weighted by Crippen LogP contribution is 2.37. The van der Waals surface area contributed by atoms with E-state index in [-0.39, 0.29) is 18.5 Å². The van der Waals surface area contributed by atoms with Gasteiger partial charge in [0, 0.05) is 17.0 Å². The second-order valence-electron chi connectivity index (χ2n) is 6.16. The van der Waals surface area contributed by atoms with Gasteiger partial charge >= 0.3 is 5.97 Å². The lowest BCUT2D eigenvalue weighted by atomic mass is 10.0. The second kappa shape index (κ2) is 6.92. The van der Waals surface area contributed by atoms with E-state index in [9.17, 15) is 9.59 Å². The molecular weight excluding hydrogens is 352 g/mol. The molecule has 0 aliphatic carbocycles. The summed E-state index contributed by atoms with van der Waals surface area (Å²) < 4.78 is 6.76. The number of benzene rings is 1. The molecule has 0 saturated carbocycles. The zero-order valence-corrected chi connectivity index (χ0v) is 15.9. The third kappa shape index (κ3) is 3.10. The Labute approximate surface area is 154 Å². The standard InChI is InChI=1S/C19H20N2O4S/c1-10-9-13(5-6-14(10)25-4)16-11(2)26-18-17(16)19(24)21(12(3)20-18)8-7-15(22)23/h5-6,9H,7-8H2,1-4H3,(H,22,23). The van der Waals surface area contributed by atoms with Crippen LogP contribution in [0.25, 0.3) is 21.3 Å². The van der Waals surface area contributed by atoms with Crippen LogP contribution in [0.1, 0.15) is 22.7 Å². The van der Waals surface area contributed by atoms with E-state index in [0.717, 1.165) is 27.3 Å². The van der Waals surface area contributed by atoms with Gasteiger partial charge in [-0.2, -0.15) is 0 Å². The first-order valence-electron chi connectivity index (χ1n) is 8.20. The first-order chi connectivity index (χ1) is 12.3. The summed E-state index contributed by atoms with van der Waals surface area (Å²) in [5, 5.41) is 9.49. The van der Waals surface area contributed by atoms with Gasteiger partial charge in [0.25, 0.3) is 5.56 Å². The summed E-state index contributed by atoms with van der Waals surface area (Å²) in [7, 11) is 1.63. The second-order valence-corrected chi connectivity index (χ2v) is 7.36. The van der Waals surface area contributed by atoms with Crippen LogP contribution < -0.4 is 10.3 Å². The number of rotatable bonds is 5. The van der Waals surface area contributed by atoms with Crippen LogP contribution in [0.15, 0.2) is 23.0 Å². The average Bonchev–Trinajstić information content (AvgIpc) is 2.90. The number of methoxy groups -OCH3 is 1. The quantitative estimate of drug-likeness (QED) is 0.741. The van der Waals surface area contributed by atoms with Crippen molar-refractivity contribution in [3.63, 3.8) is 0 Å². The molecule has 26 heavy (non-hydrogen) atoms. The minimum atomic E-state index is -0.941. The number of aryl methyl sites for hydroxylation is 3. The van der Waals surface area contributed by atoms with Gasteiger partial charge in [-0.05, 0) is 44.0 Å². The topological polar surface area (TPSA) is 81.4 Å². The van der Waals surface area contributed by atoms with E-state index in [0.29, 0.717) is 16.0 Å². The Morgan fingerprint density at radius 1 is 1.31 bits per heavy atom. The number of hydrogen-bond donors (Lipinski definition) is 1. The maximum Gasteiger partial charge on any atom is 0.305 e. The summed E-state index contributed by atoms with van der Waals surface area (Å²) >= 11 is 1.48. The predicted molar refractivity (Wildman–Crippen MR) is 102 cm³/mol. The summed E-state index contributed by atoms with van der Waals surface area (Å²) in [6.45, 7) is 5.77. The molecule has 0 amide bonds. The van der Waals surface area contributed by atoms with Crippen LogP contribution in [-0.4, -0.2) is 27.7 Å². The molecule has 1 aromatic carbocycles. The number of aliphatic carboxylic acids is 1. The first-order valence-corrected chi connectivity index (χ1v) is 9.02. The molecule has 0 radical (unpaired) electrons. The number of aromatic nitrogens is 2. The molecule has 0 fully saturated rings. The third-order valence-electron chi connectivity index (χ3n) is 4.41. The molecule has 2 aromatic heterocycles. The van der Waals surface area contributed by atoms with Crippen LogP contribution in [0.3, 0.4) is 0 Å². The lowest BCUT2D eigenvalue weighted by molar-refractivity contribution is -0.137. The molecule has 0 saturated heterocycles. The average molecular weight is 372 g/mol. The molecule has 0 bridgehead atoms. The number of carboxylic acids is 1. The predicted octanol–water partition coefficient (Wildman–Crippen LogP) is 3.53. The Balaban J connectivity index is 2.24. The van der Waals surface area contributed by atoms with Gasteiger partial charge in [0.15, 0.2) is 0 Å². The van der Waals surface area contributed by atoms with E-state index < -0.39 is 5.97 Å². The number of thiophene rings is 1. The van der Waals surface area contributed by atoms with Crippen molar-refractivity contribution in [2.24, 2.45) is 0 Å². The molecule has 136 valence electrons. The Morgan fingerprint density at radius 3 is 2.65 bits per heavy atom. The highest BCUT2D eigenvalue weighted by atomic mass is 32.1. The fraction of sp³-hybridized carbons (Fsp3) is 0.316. The van der Waals surface area contributed by atoms with Crippen molar-refractivity contribution in [3.05, 3.63) is 44.8 Å². The number of hydrogen-bond acceptors (Lipinski definition) is 5. The van der Waals surface area contributed by atoms with Gasteiger partial charge in [-0.3, -0.25) is 14.2 Å². The molecule has 3 aromatic rings. The number of nitrogens with zero attached hydrogens (tertiary/aromatic N) is 2. The minimum Gasteiger partial charge on any atom is -0.496 e. The normalized spacial score (nSPS) is 11.1. The van der Waals surface area contributed by atoms with Crippen molar-refractivity contribution in [2.45, 2.75) is 33.7 Å². The molecule has 7 heteroatoms. The van der Waals surface area contributed by atoms with Gasteiger partial charge in [-0.15, -0.1) is 11.3 Å². The van der Waals surface area contributed by atoms with E-state index >= 15 is 0 Å². The van der Waals surface area contributed by atoms with Crippen LogP contribution in [0.4, 0.5) is 0 Å². The number of carboxylic acid groups (broad SMARTS) is 1. The summed E-state index contributed by atoms with van der Waals surface area (Å²) in [6, 6.07) is 5.81. The minimum absolute atomic E-state index is 0.110. The zero-order valence-electron chi connectivity index (χ0n) is 15.1. The van der Waals surface area contributed by atoms with Gasteiger partial charge in [-0.1, -0.05) is 6.07 Å². The van der Waals surface area contributed by atoms with Gasteiger partial charge in [0.2, 0.25) is 0 Å². The maximum atomic E-state index is 13.1. The largest absolute Gasteiger partial charge is 0.496 e. The fourth-order valence-electron chi connectivity index (χ4n) is 3.15. The number of ether oxygens (including phenoxy) is 1. The van der Waals surface area contributed by atoms with Crippen LogP contribution in [0.2, 0.25) is 0 Å². The lowest BCUT2D eigenvalue weighted by Gasteiger charge is -2.10. The van der Waals surface area contributed by atoms with Crippen LogP contribution in [-0.2, 0) is 11.3 Å². The summed E-state index contributed by atoms with van der Waals surface area (Å²) in [6.07, 6.45) is -0.117. The fourth-order valence-corrected chi connectivity index (χ4v) is 4.23. The van der Waals surface area contributed by atoms with Gasteiger partial charge in [-0.25, -0.2) is 4.98 Å². The SMILES string of the molecule is COc1ccc(-c2c(C)sc3nc(C)n(CCC(=O)O)c(=O)c23)cc1C. The summed E-state index contributed by atoms with van der Waals surface area (Å²) in [5.41, 5.74) is 2.58. The van der Waals surface area contributed by atoms with Crippen LogP contribution >= 0.6 is 11.3 Å². The molecule has 6 nitrogen and oxygen atoms in total. The first kappa shape index (κ1) is 18.1. The highest BCUT2D eigenvalue weighted by Gasteiger charge is 2.19. The van der Waals surface area contributed by atoms with Crippen molar-refractivity contribution in [1.82, 2.24) is 9.55 Å². The lowest BCUT2D eigenvalue weighted by Crippen LogP contribution is -2.24. The smallest absolute Gasteiger partial charge is 0.305 e. The number of carbonyl (C=O) groups is 1. The van der Waals surface area contributed by atoms with Gasteiger partial charge in [0.05, 0.1) is 18.9 Å². The van der Waals surface area contributed by atoms with E-state index in [1.54, 1.807) is 14.0 Å². The summed E-state index contributed by atoms with van der Waals surface area (Å²) in [5.74, 6) is 0.380. The molecule has 0 aliphatic rings. The van der Waals surface area contributed by atoms with Gasteiger partial charge < -0.3 is 9.84 Å². The molecular formula is C19H20N2O4S. The third-order valence-corrected chi connectivity index (χ3v) is 5.41. The van der Waals surface area contributed by atoms with Crippen molar-refractivity contribution in [3.8, 4) is 16.9 Å². The highest BCUT2D eigenvalue weighted by molar-refractivity contribution is 7.19. The van der Waals surface area contributed by atoms with Crippen LogP contribution in [0.5, 0.6) is 5.75 Å². The molecule has 0 spiro atoms. The molecule has 0 aliphatic heterocycles. The van der Waals surface area contributed by atoms with E-state index in [1.165, 1.54) is 15.9 Å². The number of fused-ring (bicyclic) bond motifs is 1. The van der Waals surface area contributed by atoms with E-state index in [4.69, 9.17) is 9.84 Å². The van der Waals surface area contributed by atoms with E-state index in [2.05, 4.69) is 4.98 Å². The Kier molecular flexibility index (Phi) is 4.82. The maximum absolute atomic E-state index is 13.1. The molecule has 1 N–H and O–H groups in total. The van der Waals surface area contributed by atoms with Crippen molar-refractivity contribution < 1.29 is 14.6 Å². The Bertz CT molecular complexity index is 1070. The Hall–Kier alpha value is -2.67. The Morgan fingerprint density at radius 2 is 2.04 bits per heavy atom. The molecule has 2 heterocycles. The van der Waals surface area contributed by atoms with Crippen molar-refractivity contribution in [1.29, 1.82) is 0 Å². The van der Waals surface area contributed by atoms with Crippen molar-refractivity contribution >= 4 is 27.5 Å². The van der Waals surface area contributed by atoms with Crippen LogP contribution in [0, 0.1) is 20.8 Å². The van der Waals surface area contributed by atoms with Crippen molar-refractivity contribution in [2.75, 3.05) is 7.11 Å².